The van der Waals surface area contributed by atoms with Gasteiger partial charge in [-0.15, -0.1) is 0 Å². The van der Waals surface area contributed by atoms with E-state index in [1.807, 2.05) is 0 Å². The van der Waals surface area contributed by atoms with E-state index < -0.39 is 23.1 Å². The number of hydrogen-bond donors (Lipinski definition) is 0. The maximum atomic E-state index is 7.30. The molecule has 3 rings (SSSR count). The summed E-state index contributed by atoms with van der Waals surface area (Å²) in [6.45, 7) is 13.8. The van der Waals surface area contributed by atoms with Gasteiger partial charge in [0.05, 0.1) is 0 Å². The number of rotatable bonds is 48. The monoisotopic (exact) mass is 1160 g/mol. The van der Waals surface area contributed by atoms with Crippen molar-refractivity contribution >= 4 is 23.1 Å². The third-order valence-corrected chi connectivity index (χ3v) is 19.2. The van der Waals surface area contributed by atoms with E-state index in [4.69, 9.17) is 8.44 Å². The van der Waals surface area contributed by atoms with Gasteiger partial charge in [-0.2, -0.15) is 0 Å². The molecular weight excluding hydrogens is 1050 g/mol. The quantitative estimate of drug-likeness (QED) is 0.0417. The van der Waals surface area contributed by atoms with E-state index in [0.717, 1.165) is 55.8 Å². The Labute approximate surface area is 445 Å². The van der Waals surface area contributed by atoms with Gasteiger partial charge in [-0.1, -0.05) is 97.8 Å². The molecule has 0 saturated carbocycles. The van der Waals surface area contributed by atoms with Gasteiger partial charge in [-0.3, -0.25) is 0 Å². The second-order valence-corrected chi connectivity index (χ2v) is 25.0. The molecule has 0 unspecified atom stereocenters. The zero-order chi connectivity index (χ0) is 50.0. The second-order valence-electron chi connectivity index (χ2n) is 21.2. The van der Waals surface area contributed by atoms with Crippen LogP contribution in [0.5, 0.6) is 17.2 Å². The zero-order valence-electron chi connectivity index (χ0n) is 47.1. The fourth-order valence-corrected chi connectivity index (χ4v) is 15.0. The molecule has 3 aromatic carbocycles. The first-order valence-electron chi connectivity index (χ1n) is 30.8. The minimum Gasteiger partial charge on any atom is -0.0654 e. The van der Waals surface area contributed by atoms with Crippen LogP contribution in [0.1, 0.15) is 306 Å². The van der Waals surface area contributed by atoms with Crippen molar-refractivity contribution in [3.8, 4) is 17.2 Å². The van der Waals surface area contributed by atoms with Crippen molar-refractivity contribution in [1.29, 1.82) is 0 Å². The van der Waals surface area contributed by atoms with E-state index >= 15 is 0 Å². The van der Waals surface area contributed by atoms with Crippen molar-refractivity contribution in [3.63, 3.8) is 0 Å². The van der Waals surface area contributed by atoms with Gasteiger partial charge in [0.2, 0.25) is 0 Å². The summed E-state index contributed by atoms with van der Waals surface area (Å²) in [4.78, 5) is 0. The first-order chi connectivity index (χ1) is 34.6. The Bertz CT molecular complexity index is 1470. The number of unbranched alkanes of at least 4 members (excludes halogenated alkanes) is 33. The third-order valence-electron chi connectivity index (χ3n) is 15.2. The van der Waals surface area contributed by atoms with Crippen LogP contribution in [0.3, 0.4) is 0 Å². The summed E-state index contributed by atoms with van der Waals surface area (Å²) in [7, 11) is 0. The average Bonchev–Trinajstić information content (AvgIpc) is 3.38. The fourth-order valence-electron chi connectivity index (χ4n) is 10.7. The van der Waals surface area contributed by atoms with Crippen LogP contribution in [-0.4, -0.2) is 23.1 Å². The predicted molar refractivity (Wildman–Crippen MR) is 309 cm³/mol. The Hall–Kier alpha value is -2.06. The SMILES string of the molecule is CCCCCCCCCCCCCCc1c(CC)cccc1[O][Bi]([O]c1cccc(CC)c1CCCCCCCCCCCCCC)[O]c1cccc(CC)c1CCCCCCCCCCCCCC. The molecular formula is C66H111BiO3. The number of benzene rings is 3. The summed E-state index contributed by atoms with van der Waals surface area (Å²) in [6, 6.07) is 20.2. The molecule has 0 saturated heterocycles. The first kappa shape index (κ1) is 62.2. The van der Waals surface area contributed by atoms with Crippen LogP contribution in [0, 0.1) is 0 Å². The minimum atomic E-state index is -3.70. The van der Waals surface area contributed by atoms with Gasteiger partial charge in [-0.25, -0.2) is 0 Å². The first-order valence-corrected chi connectivity index (χ1v) is 35.0. The summed E-state index contributed by atoms with van der Waals surface area (Å²) < 4.78 is 21.9. The Morgan fingerprint density at radius 1 is 0.257 bits per heavy atom. The Morgan fingerprint density at radius 3 is 0.657 bits per heavy atom. The van der Waals surface area contributed by atoms with Gasteiger partial charge in [0, 0.05) is 0 Å². The summed E-state index contributed by atoms with van der Waals surface area (Å²) in [5.74, 6) is 3.01. The van der Waals surface area contributed by atoms with Crippen molar-refractivity contribution < 1.29 is 8.44 Å². The van der Waals surface area contributed by atoms with Gasteiger partial charge >= 0.3 is 350 Å². The van der Waals surface area contributed by atoms with Crippen LogP contribution >= 0.6 is 0 Å². The molecule has 70 heavy (non-hydrogen) atoms. The van der Waals surface area contributed by atoms with Crippen LogP contribution in [0.4, 0.5) is 0 Å². The maximum absolute atomic E-state index is 7.30. The van der Waals surface area contributed by atoms with E-state index in [-0.39, 0.29) is 0 Å². The van der Waals surface area contributed by atoms with Crippen molar-refractivity contribution in [2.24, 2.45) is 0 Å². The van der Waals surface area contributed by atoms with E-state index in [0.29, 0.717) is 0 Å². The topological polar surface area (TPSA) is 27.7 Å². The summed E-state index contributed by atoms with van der Waals surface area (Å²) >= 11 is -3.70. The second kappa shape index (κ2) is 43.4. The number of aryl methyl sites for hydroxylation is 3. The molecule has 0 heterocycles. The summed E-state index contributed by atoms with van der Waals surface area (Å²) in [5.41, 5.74) is 8.36. The van der Waals surface area contributed by atoms with Crippen molar-refractivity contribution in [1.82, 2.24) is 0 Å². The molecule has 0 radical (unpaired) electrons. The molecule has 3 aromatic rings. The zero-order valence-corrected chi connectivity index (χ0v) is 50.5. The predicted octanol–water partition coefficient (Wildman–Crippen LogP) is 21.6. The molecule has 398 valence electrons. The molecule has 0 aliphatic heterocycles. The smallest absolute Gasteiger partial charge is 0.0654 e. The van der Waals surface area contributed by atoms with Crippen molar-refractivity contribution in [3.05, 3.63) is 88.0 Å². The molecule has 0 atom stereocenters. The van der Waals surface area contributed by atoms with Crippen molar-refractivity contribution in [2.75, 3.05) is 0 Å². The molecule has 4 heteroatoms. The summed E-state index contributed by atoms with van der Waals surface area (Å²) in [5, 5.41) is 0. The van der Waals surface area contributed by atoms with E-state index in [9.17, 15) is 0 Å². The minimum absolute atomic E-state index is 1.00. The molecule has 0 N–H and O–H groups in total. The Kier molecular flexibility index (Phi) is 38.5. The van der Waals surface area contributed by atoms with Crippen molar-refractivity contribution in [2.45, 2.75) is 311 Å². The van der Waals surface area contributed by atoms with Crippen LogP contribution < -0.4 is 8.44 Å². The van der Waals surface area contributed by atoms with Crippen LogP contribution in [0.15, 0.2) is 54.6 Å². The van der Waals surface area contributed by atoms with Gasteiger partial charge < -0.3 is 0 Å². The Balaban J connectivity index is 1.74. The van der Waals surface area contributed by atoms with Crippen LogP contribution in [0.2, 0.25) is 0 Å². The van der Waals surface area contributed by atoms with Gasteiger partial charge in [-0.05, 0) is 0 Å². The van der Waals surface area contributed by atoms with E-state index in [2.05, 4.69) is 96.1 Å². The molecule has 3 nitrogen and oxygen atoms in total. The van der Waals surface area contributed by atoms with E-state index in [1.54, 1.807) is 0 Å². The summed E-state index contributed by atoms with van der Waals surface area (Å²) in [6.07, 6.45) is 55.4. The standard InChI is InChI=1S/3C22H38O.Bi/c3*1-3-5-6-7-8-9-10-11-12-13-14-15-18-21-20(4-2)17-16-19-22(21)23;/h3*16-17,19,23H,3-15,18H2,1-2H3;/q;;;+3/p-3. The molecule has 0 aliphatic rings. The number of hydrogen-bond acceptors (Lipinski definition) is 3. The molecule has 0 bridgehead atoms. The Morgan fingerprint density at radius 2 is 0.457 bits per heavy atom. The van der Waals surface area contributed by atoms with Crippen LogP contribution in [0.25, 0.3) is 0 Å². The van der Waals surface area contributed by atoms with Gasteiger partial charge in [0.1, 0.15) is 0 Å². The average molecular weight is 1160 g/mol. The van der Waals surface area contributed by atoms with Gasteiger partial charge in [0.25, 0.3) is 0 Å². The van der Waals surface area contributed by atoms with Crippen LogP contribution in [-0.2, 0) is 38.5 Å². The molecule has 0 spiro atoms. The molecule has 0 aliphatic carbocycles. The normalized spacial score (nSPS) is 11.5. The molecule has 0 fully saturated rings. The fraction of sp³-hybridized carbons (Fsp3) is 0.727. The molecule has 0 amide bonds. The molecule has 0 aromatic heterocycles. The van der Waals surface area contributed by atoms with E-state index in [1.165, 1.54) is 265 Å². The van der Waals surface area contributed by atoms with Gasteiger partial charge in [0.15, 0.2) is 0 Å². The third kappa shape index (κ3) is 27.8.